The Morgan fingerprint density at radius 2 is 2.00 bits per heavy atom. The van der Waals surface area contributed by atoms with Crippen LogP contribution < -0.4 is 5.43 Å². The molecule has 54 valence electrons. The molecule has 0 aromatic heterocycles. The fourth-order valence-corrected chi connectivity index (χ4v) is 0.641. The van der Waals surface area contributed by atoms with E-state index in [9.17, 15) is 0 Å². The van der Waals surface area contributed by atoms with Crippen LogP contribution in [0.1, 0.15) is 13.8 Å². The maximum atomic E-state index is 3.61. The third-order valence-electron chi connectivity index (χ3n) is 1.22. The number of nitrogens with zero attached hydrogens (tertiary/aromatic N) is 1. The van der Waals surface area contributed by atoms with Gasteiger partial charge in [-0.3, -0.25) is 5.43 Å². The Balaban J connectivity index is 3.19. The minimum Gasteiger partial charge on any atom is -0.251 e. The lowest BCUT2D eigenvalue weighted by atomic mass is 10.6. The molecule has 0 aromatic rings. The van der Waals surface area contributed by atoms with E-state index >= 15 is 0 Å². The second-order valence-corrected chi connectivity index (χ2v) is 1.82. The van der Waals surface area contributed by atoms with Crippen LogP contribution in [0.4, 0.5) is 0 Å². The van der Waals surface area contributed by atoms with Gasteiger partial charge in [0.05, 0.1) is 0 Å². The van der Waals surface area contributed by atoms with Crippen molar-refractivity contribution in [2.45, 2.75) is 13.8 Å². The van der Waals surface area contributed by atoms with Crippen LogP contribution in [-0.2, 0) is 0 Å². The first-order chi connectivity index (χ1) is 4.35. The minimum absolute atomic E-state index is 0.863. The van der Waals surface area contributed by atoms with Crippen LogP contribution in [0.15, 0.2) is 12.7 Å². The summed E-state index contributed by atoms with van der Waals surface area (Å²) in [6.07, 6.45) is 1.86. The Kier molecular flexibility index (Phi) is 5.57. The van der Waals surface area contributed by atoms with Gasteiger partial charge in [-0.25, -0.2) is 5.01 Å². The summed E-state index contributed by atoms with van der Waals surface area (Å²) in [7, 11) is 0. The lowest BCUT2D eigenvalue weighted by Gasteiger charge is -2.17. The van der Waals surface area contributed by atoms with E-state index in [2.05, 4.69) is 30.9 Å². The van der Waals surface area contributed by atoms with Crippen molar-refractivity contribution < 1.29 is 0 Å². The van der Waals surface area contributed by atoms with Gasteiger partial charge >= 0.3 is 0 Å². The molecule has 2 heteroatoms. The number of nitrogens with one attached hydrogen (secondary N) is 1. The van der Waals surface area contributed by atoms with Gasteiger partial charge in [0.1, 0.15) is 0 Å². The first-order valence-electron chi connectivity index (χ1n) is 3.44. The van der Waals surface area contributed by atoms with E-state index in [0.717, 1.165) is 19.6 Å². The summed E-state index contributed by atoms with van der Waals surface area (Å²) in [6, 6.07) is 0. The van der Waals surface area contributed by atoms with Crippen molar-refractivity contribution in [1.29, 1.82) is 0 Å². The SMILES string of the molecule is C=CCNN(CC)CC. The summed E-state index contributed by atoms with van der Waals surface area (Å²) in [4.78, 5) is 0. The van der Waals surface area contributed by atoms with Crippen LogP contribution in [0, 0.1) is 0 Å². The molecule has 0 heterocycles. The molecule has 2 nitrogen and oxygen atoms in total. The van der Waals surface area contributed by atoms with E-state index in [4.69, 9.17) is 0 Å². The highest BCUT2D eigenvalue weighted by Crippen LogP contribution is 1.77. The molecule has 0 radical (unpaired) electrons. The molecule has 0 spiro atoms. The van der Waals surface area contributed by atoms with Gasteiger partial charge in [-0.15, -0.1) is 6.58 Å². The maximum absolute atomic E-state index is 3.61. The van der Waals surface area contributed by atoms with Gasteiger partial charge in [0, 0.05) is 19.6 Å². The molecule has 9 heavy (non-hydrogen) atoms. The quantitative estimate of drug-likeness (QED) is 0.439. The van der Waals surface area contributed by atoms with Crippen molar-refractivity contribution in [1.82, 2.24) is 10.4 Å². The zero-order valence-corrected chi connectivity index (χ0v) is 6.35. The van der Waals surface area contributed by atoms with Crippen LogP contribution in [0.2, 0.25) is 0 Å². The van der Waals surface area contributed by atoms with Gasteiger partial charge in [0.15, 0.2) is 0 Å². The maximum Gasteiger partial charge on any atom is 0.0280 e. The topological polar surface area (TPSA) is 15.3 Å². The van der Waals surface area contributed by atoms with Crippen molar-refractivity contribution in [2.24, 2.45) is 0 Å². The first-order valence-corrected chi connectivity index (χ1v) is 3.44. The molecule has 0 fully saturated rings. The molecule has 0 saturated carbocycles. The average Bonchev–Trinajstić information content (AvgIpc) is 1.91. The molecule has 1 N–H and O–H groups in total. The molecular formula is C7H16N2. The summed E-state index contributed by atoms with van der Waals surface area (Å²) in [5.74, 6) is 0. The summed E-state index contributed by atoms with van der Waals surface area (Å²) in [6.45, 7) is 10.8. The highest BCUT2D eigenvalue weighted by Gasteiger charge is 1.91. The lowest BCUT2D eigenvalue weighted by Crippen LogP contribution is -2.37. The molecule has 0 atom stereocenters. The van der Waals surface area contributed by atoms with Crippen molar-refractivity contribution in [3.8, 4) is 0 Å². The standard InChI is InChI=1S/C7H16N2/c1-4-7-8-9(5-2)6-3/h4,8H,1,5-7H2,2-3H3. The van der Waals surface area contributed by atoms with Crippen LogP contribution in [0.25, 0.3) is 0 Å². The second kappa shape index (κ2) is 5.79. The monoisotopic (exact) mass is 128 g/mol. The van der Waals surface area contributed by atoms with E-state index in [0.29, 0.717) is 0 Å². The number of hydrogen-bond acceptors (Lipinski definition) is 2. The zero-order chi connectivity index (χ0) is 7.11. The number of hydrogen-bond donors (Lipinski definition) is 1. The Morgan fingerprint density at radius 3 is 2.33 bits per heavy atom. The molecular weight excluding hydrogens is 112 g/mol. The van der Waals surface area contributed by atoms with Gasteiger partial charge in [-0.1, -0.05) is 19.9 Å². The van der Waals surface area contributed by atoms with Gasteiger partial charge in [0.25, 0.3) is 0 Å². The van der Waals surface area contributed by atoms with Gasteiger partial charge in [0.2, 0.25) is 0 Å². The molecule has 0 aliphatic carbocycles. The zero-order valence-electron chi connectivity index (χ0n) is 6.35. The Morgan fingerprint density at radius 1 is 1.44 bits per heavy atom. The van der Waals surface area contributed by atoms with Crippen LogP contribution in [0.5, 0.6) is 0 Å². The van der Waals surface area contributed by atoms with E-state index in [-0.39, 0.29) is 0 Å². The highest BCUT2D eigenvalue weighted by molar-refractivity contribution is 4.68. The molecule has 0 saturated heterocycles. The van der Waals surface area contributed by atoms with E-state index in [1.165, 1.54) is 0 Å². The average molecular weight is 128 g/mol. The summed E-state index contributed by atoms with van der Waals surface area (Å²) in [5.41, 5.74) is 3.18. The normalized spacial score (nSPS) is 10.1. The third kappa shape index (κ3) is 4.18. The largest absolute Gasteiger partial charge is 0.251 e. The van der Waals surface area contributed by atoms with E-state index < -0.39 is 0 Å². The fourth-order valence-electron chi connectivity index (χ4n) is 0.641. The van der Waals surface area contributed by atoms with Crippen molar-refractivity contribution >= 4 is 0 Å². The second-order valence-electron chi connectivity index (χ2n) is 1.82. The molecule has 0 unspecified atom stereocenters. The third-order valence-corrected chi connectivity index (χ3v) is 1.22. The van der Waals surface area contributed by atoms with E-state index in [1.54, 1.807) is 0 Å². The molecule has 0 bridgehead atoms. The molecule has 0 aliphatic rings. The summed E-state index contributed by atoms with van der Waals surface area (Å²) < 4.78 is 0. The Bertz CT molecular complexity index is 67.3. The molecule has 0 amide bonds. The van der Waals surface area contributed by atoms with Crippen LogP contribution in [-0.4, -0.2) is 24.6 Å². The Hall–Kier alpha value is -0.340. The molecule has 0 aliphatic heterocycles. The smallest absolute Gasteiger partial charge is 0.0280 e. The summed E-state index contributed by atoms with van der Waals surface area (Å²) in [5, 5.41) is 2.14. The lowest BCUT2D eigenvalue weighted by molar-refractivity contribution is 0.220. The van der Waals surface area contributed by atoms with Crippen LogP contribution in [0.3, 0.4) is 0 Å². The predicted molar refractivity (Wildman–Crippen MR) is 41.1 cm³/mol. The molecule has 0 rings (SSSR count). The predicted octanol–water partition coefficient (Wildman–Crippen LogP) is 1.02. The minimum atomic E-state index is 0.863. The number of hydrazine groups is 1. The highest BCUT2D eigenvalue weighted by atomic mass is 15.5. The van der Waals surface area contributed by atoms with Crippen molar-refractivity contribution in [3.63, 3.8) is 0 Å². The van der Waals surface area contributed by atoms with Crippen LogP contribution >= 0.6 is 0 Å². The van der Waals surface area contributed by atoms with Gasteiger partial charge in [-0.05, 0) is 0 Å². The Labute approximate surface area is 57.5 Å². The van der Waals surface area contributed by atoms with Crippen molar-refractivity contribution in [3.05, 3.63) is 12.7 Å². The number of rotatable bonds is 5. The first kappa shape index (κ1) is 8.66. The van der Waals surface area contributed by atoms with Gasteiger partial charge in [-0.2, -0.15) is 0 Å². The van der Waals surface area contributed by atoms with Crippen molar-refractivity contribution in [2.75, 3.05) is 19.6 Å². The van der Waals surface area contributed by atoms with E-state index in [1.807, 2.05) is 6.08 Å². The molecule has 0 aromatic carbocycles. The summed E-state index contributed by atoms with van der Waals surface area (Å²) >= 11 is 0. The fraction of sp³-hybridized carbons (Fsp3) is 0.714. The van der Waals surface area contributed by atoms with Gasteiger partial charge < -0.3 is 0 Å².